The molecular weight excluding hydrogens is 334 g/mol. The normalized spacial score (nSPS) is 14.6. The minimum absolute atomic E-state index is 0.110. The maximum Gasteiger partial charge on any atom is 0.178 e. The van der Waals surface area contributed by atoms with Crippen LogP contribution < -0.4 is 0 Å². The SMILES string of the molecule is CCCN1C=C(n2cc(-c3ccc(S(=O)(=O)CC)cc3)cn2)C=CC1. The predicted octanol–water partition coefficient (Wildman–Crippen LogP) is 3.42. The molecule has 1 aliphatic heterocycles. The summed E-state index contributed by atoms with van der Waals surface area (Å²) in [6.07, 6.45) is 11.2. The van der Waals surface area contributed by atoms with Gasteiger partial charge in [0.25, 0.3) is 0 Å². The molecule has 2 heterocycles. The third kappa shape index (κ3) is 3.85. The summed E-state index contributed by atoms with van der Waals surface area (Å²) in [7, 11) is -3.17. The lowest BCUT2D eigenvalue weighted by atomic mass is 10.1. The highest BCUT2D eigenvalue weighted by Crippen LogP contribution is 2.23. The van der Waals surface area contributed by atoms with Crippen molar-refractivity contribution in [2.75, 3.05) is 18.8 Å². The van der Waals surface area contributed by atoms with Crippen molar-refractivity contribution in [1.82, 2.24) is 14.7 Å². The molecule has 5 nitrogen and oxygen atoms in total. The van der Waals surface area contributed by atoms with Crippen molar-refractivity contribution in [3.63, 3.8) is 0 Å². The van der Waals surface area contributed by atoms with E-state index >= 15 is 0 Å². The van der Waals surface area contributed by atoms with E-state index < -0.39 is 9.84 Å². The highest BCUT2D eigenvalue weighted by molar-refractivity contribution is 7.91. The Kier molecular flexibility index (Phi) is 5.08. The lowest BCUT2D eigenvalue weighted by molar-refractivity contribution is 0.410. The van der Waals surface area contributed by atoms with Gasteiger partial charge in [0.15, 0.2) is 9.84 Å². The summed E-state index contributed by atoms with van der Waals surface area (Å²) < 4.78 is 25.7. The fourth-order valence-electron chi connectivity index (χ4n) is 2.80. The first-order valence-corrected chi connectivity index (χ1v) is 10.2. The van der Waals surface area contributed by atoms with Gasteiger partial charge in [0.2, 0.25) is 0 Å². The third-order valence-corrected chi connectivity index (χ3v) is 5.98. The van der Waals surface area contributed by atoms with Crippen molar-refractivity contribution in [1.29, 1.82) is 0 Å². The lowest BCUT2D eigenvalue weighted by Crippen LogP contribution is -2.21. The van der Waals surface area contributed by atoms with Gasteiger partial charge in [-0.1, -0.05) is 32.1 Å². The van der Waals surface area contributed by atoms with Gasteiger partial charge in [0.05, 0.1) is 22.5 Å². The molecule has 0 atom stereocenters. The van der Waals surface area contributed by atoms with Gasteiger partial charge < -0.3 is 4.90 Å². The van der Waals surface area contributed by atoms with E-state index in [0.717, 1.165) is 36.3 Å². The third-order valence-electron chi connectivity index (χ3n) is 4.23. The van der Waals surface area contributed by atoms with Gasteiger partial charge >= 0.3 is 0 Å². The molecule has 1 aliphatic rings. The van der Waals surface area contributed by atoms with Crippen molar-refractivity contribution in [2.45, 2.75) is 25.2 Å². The molecule has 132 valence electrons. The van der Waals surface area contributed by atoms with Crippen molar-refractivity contribution in [2.24, 2.45) is 0 Å². The number of hydrogen-bond acceptors (Lipinski definition) is 4. The van der Waals surface area contributed by atoms with Crippen molar-refractivity contribution in [3.05, 3.63) is 55.0 Å². The number of aromatic nitrogens is 2. The molecule has 0 spiro atoms. The molecule has 0 fully saturated rings. The molecule has 2 aromatic rings. The topological polar surface area (TPSA) is 55.2 Å². The summed E-state index contributed by atoms with van der Waals surface area (Å²) in [6, 6.07) is 6.99. The molecule has 1 aromatic carbocycles. The van der Waals surface area contributed by atoms with Crippen LogP contribution in [0.15, 0.2) is 59.9 Å². The number of sulfone groups is 1. The Morgan fingerprint density at radius 2 is 1.88 bits per heavy atom. The van der Waals surface area contributed by atoms with Gasteiger partial charge in [-0.05, 0) is 30.2 Å². The van der Waals surface area contributed by atoms with Crippen LogP contribution in [0, 0.1) is 0 Å². The Labute approximate surface area is 149 Å². The lowest BCUT2D eigenvalue weighted by Gasteiger charge is -2.22. The Bertz CT molecular complexity index is 893. The van der Waals surface area contributed by atoms with Crippen LogP contribution in [0.2, 0.25) is 0 Å². The molecule has 6 heteroatoms. The number of hydrogen-bond donors (Lipinski definition) is 0. The number of allylic oxidation sites excluding steroid dienone is 2. The standard InChI is InChI=1S/C19H23N3O2S/c1-3-11-21-12-5-6-18(15-21)22-14-17(13-20-22)16-7-9-19(10-8-16)25(23,24)4-2/h5-10,13-15H,3-4,11-12H2,1-2H3. The fourth-order valence-corrected chi connectivity index (χ4v) is 3.69. The fraction of sp³-hybridized carbons (Fsp3) is 0.316. The Morgan fingerprint density at radius 1 is 1.12 bits per heavy atom. The molecule has 0 aliphatic carbocycles. The monoisotopic (exact) mass is 357 g/mol. The van der Waals surface area contributed by atoms with Crippen molar-refractivity contribution < 1.29 is 8.42 Å². The Morgan fingerprint density at radius 3 is 2.56 bits per heavy atom. The second-order valence-electron chi connectivity index (χ2n) is 6.05. The van der Waals surface area contributed by atoms with Crippen LogP contribution in [-0.2, 0) is 9.84 Å². The molecular formula is C19H23N3O2S. The first kappa shape index (κ1) is 17.5. The summed E-state index contributed by atoms with van der Waals surface area (Å²) in [6.45, 7) is 5.77. The van der Waals surface area contributed by atoms with E-state index in [2.05, 4.69) is 35.3 Å². The highest BCUT2D eigenvalue weighted by atomic mass is 32.2. The van der Waals surface area contributed by atoms with E-state index in [1.807, 2.05) is 23.0 Å². The molecule has 3 rings (SSSR count). The van der Waals surface area contributed by atoms with E-state index in [0.29, 0.717) is 4.90 Å². The van der Waals surface area contributed by atoms with Gasteiger partial charge in [-0.2, -0.15) is 5.10 Å². The van der Waals surface area contributed by atoms with Crippen LogP contribution >= 0.6 is 0 Å². The van der Waals surface area contributed by atoms with Crippen molar-refractivity contribution >= 4 is 15.5 Å². The van der Waals surface area contributed by atoms with Crippen LogP contribution in [0.1, 0.15) is 20.3 Å². The second kappa shape index (κ2) is 7.27. The van der Waals surface area contributed by atoms with Gasteiger partial charge in [0.1, 0.15) is 0 Å². The van der Waals surface area contributed by atoms with Crippen LogP contribution in [0.25, 0.3) is 16.8 Å². The molecule has 0 bridgehead atoms. The van der Waals surface area contributed by atoms with E-state index in [9.17, 15) is 8.42 Å². The van der Waals surface area contributed by atoms with Gasteiger partial charge in [-0.15, -0.1) is 0 Å². The van der Waals surface area contributed by atoms with Crippen LogP contribution in [-0.4, -0.2) is 41.9 Å². The molecule has 1 aromatic heterocycles. The molecule has 25 heavy (non-hydrogen) atoms. The smallest absolute Gasteiger partial charge is 0.178 e. The van der Waals surface area contributed by atoms with Crippen LogP contribution in [0.3, 0.4) is 0 Å². The molecule has 0 amide bonds. The Balaban J connectivity index is 1.83. The van der Waals surface area contributed by atoms with E-state index in [1.165, 1.54) is 0 Å². The van der Waals surface area contributed by atoms with E-state index in [-0.39, 0.29) is 5.75 Å². The average Bonchev–Trinajstić information content (AvgIpc) is 3.12. The summed E-state index contributed by atoms with van der Waals surface area (Å²) in [5.41, 5.74) is 2.94. The number of rotatable bonds is 6. The first-order valence-electron chi connectivity index (χ1n) is 8.54. The average molecular weight is 357 g/mol. The van der Waals surface area contributed by atoms with E-state index in [1.54, 1.807) is 25.3 Å². The summed E-state index contributed by atoms with van der Waals surface area (Å²) in [4.78, 5) is 2.63. The first-order chi connectivity index (χ1) is 12.0. The van der Waals surface area contributed by atoms with Gasteiger partial charge in [0, 0.05) is 31.0 Å². The number of benzene rings is 1. The molecule has 0 N–H and O–H groups in total. The quantitative estimate of drug-likeness (QED) is 0.795. The zero-order valence-electron chi connectivity index (χ0n) is 14.6. The summed E-state index contributed by atoms with van der Waals surface area (Å²) in [5.74, 6) is 0.110. The van der Waals surface area contributed by atoms with Gasteiger partial charge in [-0.3, -0.25) is 0 Å². The maximum absolute atomic E-state index is 11.9. The second-order valence-corrected chi connectivity index (χ2v) is 8.33. The minimum Gasteiger partial charge on any atom is -0.372 e. The summed E-state index contributed by atoms with van der Waals surface area (Å²) >= 11 is 0. The zero-order chi connectivity index (χ0) is 17.9. The highest BCUT2D eigenvalue weighted by Gasteiger charge is 2.12. The zero-order valence-corrected chi connectivity index (χ0v) is 15.4. The van der Waals surface area contributed by atoms with Gasteiger partial charge in [-0.25, -0.2) is 13.1 Å². The van der Waals surface area contributed by atoms with Crippen LogP contribution in [0.4, 0.5) is 0 Å². The van der Waals surface area contributed by atoms with Crippen LogP contribution in [0.5, 0.6) is 0 Å². The number of nitrogens with zero attached hydrogens (tertiary/aromatic N) is 3. The largest absolute Gasteiger partial charge is 0.372 e. The minimum atomic E-state index is -3.17. The molecule has 0 unspecified atom stereocenters. The molecule has 0 radical (unpaired) electrons. The summed E-state index contributed by atoms with van der Waals surface area (Å²) in [5, 5.41) is 4.45. The van der Waals surface area contributed by atoms with E-state index in [4.69, 9.17) is 0 Å². The molecule has 0 saturated heterocycles. The van der Waals surface area contributed by atoms with Crippen molar-refractivity contribution in [3.8, 4) is 11.1 Å². The Hall–Kier alpha value is -2.34. The maximum atomic E-state index is 11.9. The molecule has 0 saturated carbocycles. The predicted molar refractivity (Wildman–Crippen MR) is 101 cm³/mol.